The number of hydrogen-bond acceptors (Lipinski definition) is 2. The average molecular weight is 209 g/mol. The van der Waals surface area contributed by atoms with Crippen LogP contribution in [0.3, 0.4) is 0 Å². The molecule has 0 aromatic carbocycles. The molecule has 0 spiro atoms. The third-order valence-electron chi connectivity index (χ3n) is 2.72. The number of aromatic nitrogens is 2. The molecule has 1 aromatic rings. The highest BCUT2D eigenvalue weighted by molar-refractivity contribution is 5.00. The van der Waals surface area contributed by atoms with Crippen LogP contribution >= 0.6 is 0 Å². The Morgan fingerprint density at radius 1 is 1.47 bits per heavy atom. The maximum atomic E-state index is 4.36. The Morgan fingerprint density at radius 3 is 2.93 bits per heavy atom. The fourth-order valence-corrected chi connectivity index (χ4v) is 1.49. The Balaban J connectivity index is 2.45. The van der Waals surface area contributed by atoms with E-state index in [2.05, 4.69) is 41.9 Å². The highest BCUT2D eigenvalue weighted by Gasteiger charge is 2.05. The molecular weight excluding hydrogens is 186 g/mol. The first-order chi connectivity index (χ1) is 7.27. The molecule has 0 saturated carbocycles. The van der Waals surface area contributed by atoms with Crippen LogP contribution in [0.1, 0.15) is 39.3 Å². The monoisotopic (exact) mass is 209 g/mol. The predicted octanol–water partition coefficient (Wildman–Crippen LogP) is 2.43. The lowest BCUT2D eigenvalue weighted by Crippen LogP contribution is -2.19. The normalized spacial score (nSPS) is 13.0. The van der Waals surface area contributed by atoms with Gasteiger partial charge in [-0.05, 0) is 24.9 Å². The highest BCUT2D eigenvalue weighted by Crippen LogP contribution is 2.07. The molecule has 3 heteroatoms. The van der Waals surface area contributed by atoms with E-state index in [1.807, 2.05) is 6.20 Å². The van der Waals surface area contributed by atoms with Crippen LogP contribution in [0.15, 0.2) is 12.3 Å². The minimum atomic E-state index is 0.704. The van der Waals surface area contributed by atoms with E-state index < -0.39 is 0 Å². The summed E-state index contributed by atoms with van der Waals surface area (Å²) in [6, 6.07) is 2.10. The molecule has 1 atom stereocenters. The van der Waals surface area contributed by atoms with Crippen LogP contribution in [0.25, 0.3) is 0 Å². The van der Waals surface area contributed by atoms with Gasteiger partial charge >= 0.3 is 0 Å². The molecule has 0 radical (unpaired) electrons. The summed E-state index contributed by atoms with van der Waals surface area (Å²) in [5, 5.41) is 7.77. The van der Waals surface area contributed by atoms with Crippen molar-refractivity contribution in [2.45, 2.75) is 46.7 Å². The molecule has 1 aromatic heterocycles. The van der Waals surface area contributed by atoms with Gasteiger partial charge in [0, 0.05) is 19.3 Å². The zero-order valence-corrected chi connectivity index (χ0v) is 10.2. The second-order valence-electron chi connectivity index (χ2n) is 4.19. The summed E-state index contributed by atoms with van der Waals surface area (Å²) in [6.07, 6.45) is 4.28. The molecule has 1 rings (SSSR count). The zero-order valence-electron chi connectivity index (χ0n) is 10.2. The van der Waals surface area contributed by atoms with E-state index in [1.165, 1.54) is 18.5 Å². The van der Waals surface area contributed by atoms with Gasteiger partial charge in [-0.3, -0.25) is 4.68 Å². The SMILES string of the molecule is CCCNCc1ccnn1CC(C)CC. The summed E-state index contributed by atoms with van der Waals surface area (Å²) in [6.45, 7) is 9.73. The van der Waals surface area contributed by atoms with Gasteiger partial charge in [0.15, 0.2) is 0 Å². The van der Waals surface area contributed by atoms with Gasteiger partial charge in [-0.15, -0.1) is 0 Å². The van der Waals surface area contributed by atoms with E-state index in [-0.39, 0.29) is 0 Å². The van der Waals surface area contributed by atoms with Gasteiger partial charge in [-0.2, -0.15) is 5.10 Å². The lowest BCUT2D eigenvalue weighted by molar-refractivity contribution is 0.424. The van der Waals surface area contributed by atoms with Crippen molar-refractivity contribution in [3.05, 3.63) is 18.0 Å². The molecule has 0 fully saturated rings. The van der Waals surface area contributed by atoms with Crippen molar-refractivity contribution >= 4 is 0 Å². The fraction of sp³-hybridized carbons (Fsp3) is 0.750. The van der Waals surface area contributed by atoms with Crippen LogP contribution in [-0.4, -0.2) is 16.3 Å². The molecule has 15 heavy (non-hydrogen) atoms. The van der Waals surface area contributed by atoms with Crippen LogP contribution in [-0.2, 0) is 13.1 Å². The molecule has 1 N–H and O–H groups in total. The van der Waals surface area contributed by atoms with Crippen molar-refractivity contribution in [1.29, 1.82) is 0 Å². The molecule has 0 aliphatic carbocycles. The van der Waals surface area contributed by atoms with E-state index in [0.29, 0.717) is 5.92 Å². The summed E-state index contributed by atoms with van der Waals surface area (Å²) >= 11 is 0. The summed E-state index contributed by atoms with van der Waals surface area (Å²) in [5.74, 6) is 0.704. The van der Waals surface area contributed by atoms with Crippen molar-refractivity contribution < 1.29 is 0 Å². The lowest BCUT2D eigenvalue weighted by Gasteiger charge is -2.12. The standard InChI is InChI=1S/C12H23N3/c1-4-7-13-9-12-6-8-14-15(12)10-11(3)5-2/h6,8,11,13H,4-5,7,9-10H2,1-3H3. The third kappa shape index (κ3) is 4.04. The molecule has 0 amide bonds. The van der Waals surface area contributed by atoms with Crippen LogP contribution in [0.2, 0.25) is 0 Å². The summed E-state index contributed by atoms with van der Waals surface area (Å²) in [4.78, 5) is 0. The summed E-state index contributed by atoms with van der Waals surface area (Å²) in [7, 11) is 0. The van der Waals surface area contributed by atoms with Crippen molar-refractivity contribution in [3.8, 4) is 0 Å². The Bertz CT molecular complexity index is 268. The molecular formula is C12H23N3. The van der Waals surface area contributed by atoms with Crippen molar-refractivity contribution in [3.63, 3.8) is 0 Å². The van der Waals surface area contributed by atoms with Gasteiger partial charge in [0.2, 0.25) is 0 Å². The van der Waals surface area contributed by atoms with E-state index in [4.69, 9.17) is 0 Å². The molecule has 1 heterocycles. The number of rotatable bonds is 7. The van der Waals surface area contributed by atoms with Gasteiger partial charge in [-0.25, -0.2) is 0 Å². The summed E-state index contributed by atoms with van der Waals surface area (Å²) < 4.78 is 2.12. The van der Waals surface area contributed by atoms with Crippen molar-refractivity contribution in [1.82, 2.24) is 15.1 Å². The fourth-order valence-electron chi connectivity index (χ4n) is 1.49. The van der Waals surface area contributed by atoms with Crippen LogP contribution < -0.4 is 5.32 Å². The molecule has 0 aliphatic rings. The quantitative estimate of drug-likeness (QED) is 0.699. The van der Waals surface area contributed by atoms with Gasteiger partial charge in [-0.1, -0.05) is 27.2 Å². The molecule has 3 nitrogen and oxygen atoms in total. The van der Waals surface area contributed by atoms with Crippen molar-refractivity contribution in [2.75, 3.05) is 6.54 Å². The Hall–Kier alpha value is -0.830. The first-order valence-corrected chi connectivity index (χ1v) is 5.99. The second-order valence-corrected chi connectivity index (χ2v) is 4.19. The van der Waals surface area contributed by atoms with E-state index in [1.54, 1.807) is 0 Å². The van der Waals surface area contributed by atoms with Crippen molar-refractivity contribution in [2.24, 2.45) is 5.92 Å². The van der Waals surface area contributed by atoms with E-state index >= 15 is 0 Å². The second kappa shape index (κ2) is 6.62. The first-order valence-electron chi connectivity index (χ1n) is 5.99. The maximum Gasteiger partial charge on any atom is 0.0522 e. The minimum absolute atomic E-state index is 0.704. The Labute approximate surface area is 92.9 Å². The van der Waals surface area contributed by atoms with Crippen LogP contribution in [0.4, 0.5) is 0 Å². The number of nitrogens with zero attached hydrogens (tertiary/aromatic N) is 2. The molecule has 0 aliphatic heterocycles. The largest absolute Gasteiger partial charge is 0.311 e. The minimum Gasteiger partial charge on any atom is -0.311 e. The topological polar surface area (TPSA) is 29.9 Å². The van der Waals surface area contributed by atoms with Gasteiger partial charge in [0.05, 0.1) is 5.69 Å². The van der Waals surface area contributed by atoms with Crippen LogP contribution in [0.5, 0.6) is 0 Å². The van der Waals surface area contributed by atoms with Gasteiger partial charge < -0.3 is 5.32 Å². The number of hydrogen-bond donors (Lipinski definition) is 1. The van der Waals surface area contributed by atoms with E-state index in [9.17, 15) is 0 Å². The predicted molar refractivity (Wildman–Crippen MR) is 63.7 cm³/mol. The molecule has 1 unspecified atom stereocenters. The van der Waals surface area contributed by atoms with E-state index in [0.717, 1.165) is 19.6 Å². The zero-order chi connectivity index (χ0) is 11.1. The van der Waals surface area contributed by atoms with Crippen LogP contribution in [0, 0.1) is 5.92 Å². The highest BCUT2D eigenvalue weighted by atomic mass is 15.3. The smallest absolute Gasteiger partial charge is 0.0522 e. The van der Waals surface area contributed by atoms with Gasteiger partial charge in [0.1, 0.15) is 0 Å². The molecule has 86 valence electrons. The first kappa shape index (κ1) is 12.2. The third-order valence-corrected chi connectivity index (χ3v) is 2.72. The summed E-state index contributed by atoms with van der Waals surface area (Å²) in [5.41, 5.74) is 1.30. The molecule has 0 bridgehead atoms. The average Bonchev–Trinajstić information content (AvgIpc) is 2.66. The Morgan fingerprint density at radius 2 is 2.27 bits per heavy atom. The lowest BCUT2D eigenvalue weighted by atomic mass is 10.1. The van der Waals surface area contributed by atoms with Gasteiger partial charge in [0.25, 0.3) is 0 Å². The maximum absolute atomic E-state index is 4.36. The Kier molecular flexibility index (Phi) is 5.40. The number of nitrogens with one attached hydrogen (secondary N) is 1. The molecule has 0 saturated heterocycles.